The lowest BCUT2D eigenvalue weighted by Crippen LogP contribution is -2.41. The van der Waals surface area contributed by atoms with Crippen LogP contribution in [0.5, 0.6) is 0 Å². The Morgan fingerprint density at radius 3 is 2.79 bits per heavy atom. The molecular weight excluding hydrogens is 272 g/mol. The first-order valence-corrected chi connectivity index (χ1v) is 5.75. The van der Waals surface area contributed by atoms with Gasteiger partial charge in [0.05, 0.1) is 13.7 Å². The van der Waals surface area contributed by atoms with Gasteiger partial charge in [-0.3, -0.25) is 4.79 Å². The highest BCUT2D eigenvalue weighted by Crippen LogP contribution is 2.30. The minimum absolute atomic E-state index is 0. The van der Waals surface area contributed by atoms with Crippen LogP contribution in [0.15, 0.2) is 24.0 Å². The molecule has 0 aromatic rings. The molecule has 0 spiro atoms. The van der Waals surface area contributed by atoms with Crippen LogP contribution in [-0.2, 0) is 14.3 Å². The summed E-state index contributed by atoms with van der Waals surface area (Å²) in [7, 11) is 2.99. The number of carbonyl (C=O) groups is 1. The Bertz CT molecular complexity index is 360. The molecule has 0 heterocycles. The molecular formula is C12H21ClN2O4. The topological polar surface area (TPSA) is 93.8 Å². The second kappa shape index (κ2) is 8.16. The standard InChI is InChI=1S/C12H20N2O4.ClH/c1-17-10-3-5-12(16,18-2)9(7-10)4-6-14-11(15)8-13;/h3,5,7,9,16H,4,6,8,13H2,1-2H3,(H,14,15);1H. The number of allylic oxidation sites excluding steroid dienone is 1. The molecule has 0 fully saturated rings. The Morgan fingerprint density at radius 1 is 1.58 bits per heavy atom. The minimum Gasteiger partial charge on any atom is -0.497 e. The second-order valence-electron chi connectivity index (χ2n) is 4.01. The molecule has 0 radical (unpaired) electrons. The molecule has 110 valence electrons. The summed E-state index contributed by atoms with van der Waals surface area (Å²) >= 11 is 0. The van der Waals surface area contributed by atoms with E-state index in [-0.39, 0.29) is 30.8 Å². The third-order valence-corrected chi connectivity index (χ3v) is 2.91. The average molecular weight is 293 g/mol. The number of halogens is 1. The molecule has 0 saturated heterocycles. The lowest BCUT2D eigenvalue weighted by molar-refractivity contribution is -0.175. The van der Waals surface area contributed by atoms with Crippen molar-refractivity contribution in [3.05, 3.63) is 24.0 Å². The first-order chi connectivity index (χ1) is 8.55. The predicted molar refractivity (Wildman–Crippen MR) is 73.6 cm³/mol. The molecule has 1 rings (SSSR count). The molecule has 19 heavy (non-hydrogen) atoms. The Balaban J connectivity index is 0.00000324. The zero-order valence-electron chi connectivity index (χ0n) is 11.1. The van der Waals surface area contributed by atoms with Crippen LogP contribution < -0.4 is 11.1 Å². The molecule has 0 aromatic carbocycles. The summed E-state index contributed by atoms with van der Waals surface area (Å²) in [4.78, 5) is 11.0. The molecule has 1 aliphatic rings. The van der Waals surface area contributed by atoms with Crippen molar-refractivity contribution < 1.29 is 19.4 Å². The molecule has 1 aliphatic carbocycles. The van der Waals surface area contributed by atoms with Crippen molar-refractivity contribution in [2.45, 2.75) is 12.2 Å². The fourth-order valence-electron chi connectivity index (χ4n) is 1.78. The summed E-state index contributed by atoms with van der Waals surface area (Å²) in [5.74, 6) is -1.22. The summed E-state index contributed by atoms with van der Waals surface area (Å²) < 4.78 is 10.2. The van der Waals surface area contributed by atoms with Crippen molar-refractivity contribution in [1.82, 2.24) is 5.32 Å². The highest BCUT2D eigenvalue weighted by molar-refractivity contribution is 5.85. The van der Waals surface area contributed by atoms with Gasteiger partial charge in [0.25, 0.3) is 0 Å². The smallest absolute Gasteiger partial charge is 0.233 e. The zero-order chi connectivity index (χ0) is 13.6. The van der Waals surface area contributed by atoms with Crippen LogP contribution in [0, 0.1) is 5.92 Å². The predicted octanol–water partition coefficient (Wildman–Crippen LogP) is -0.0755. The molecule has 0 aliphatic heterocycles. The summed E-state index contributed by atoms with van der Waals surface area (Å²) in [5.41, 5.74) is 5.19. The van der Waals surface area contributed by atoms with Gasteiger partial charge in [-0.1, -0.05) is 0 Å². The van der Waals surface area contributed by atoms with E-state index in [1.54, 1.807) is 25.3 Å². The number of amides is 1. The van der Waals surface area contributed by atoms with Crippen molar-refractivity contribution in [2.75, 3.05) is 27.3 Å². The van der Waals surface area contributed by atoms with Gasteiger partial charge in [-0.25, -0.2) is 0 Å². The molecule has 2 unspecified atom stereocenters. The Labute approximate surface area is 119 Å². The van der Waals surface area contributed by atoms with Crippen molar-refractivity contribution in [1.29, 1.82) is 0 Å². The summed E-state index contributed by atoms with van der Waals surface area (Å²) in [6, 6.07) is 0. The lowest BCUT2D eigenvalue weighted by atomic mass is 9.90. The Kier molecular flexibility index (Phi) is 7.70. The van der Waals surface area contributed by atoms with Gasteiger partial charge in [0.1, 0.15) is 5.76 Å². The largest absolute Gasteiger partial charge is 0.497 e. The van der Waals surface area contributed by atoms with Gasteiger partial charge in [0, 0.05) is 19.6 Å². The fourth-order valence-corrected chi connectivity index (χ4v) is 1.78. The van der Waals surface area contributed by atoms with E-state index in [1.165, 1.54) is 7.11 Å². The number of rotatable bonds is 6. The maximum absolute atomic E-state index is 11.0. The molecule has 1 amide bonds. The van der Waals surface area contributed by atoms with Crippen LogP contribution in [0.4, 0.5) is 0 Å². The molecule has 0 aromatic heterocycles. The number of ether oxygens (including phenoxy) is 2. The van der Waals surface area contributed by atoms with E-state index in [0.29, 0.717) is 18.7 Å². The third kappa shape index (κ3) is 4.83. The average Bonchev–Trinajstić information content (AvgIpc) is 2.40. The number of hydrogen-bond donors (Lipinski definition) is 3. The van der Waals surface area contributed by atoms with Crippen molar-refractivity contribution in [3.8, 4) is 0 Å². The molecule has 0 saturated carbocycles. The molecule has 6 nitrogen and oxygen atoms in total. The van der Waals surface area contributed by atoms with Gasteiger partial charge in [0.2, 0.25) is 5.91 Å². The number of methoxy groups -OCH3 is 2. The van der Waals surface area contributed by atoms with Crippen molar-refractivity contribution in [2.24, 2.45) is 11.7 Å². The van der Waals surface area contributed by atoms with Gasteiger partial charge in [-0.05, 0) is 24.6 Å². The van der Waals surface area contributed by atoms with E-state index >= 15 is 0 Å². The summed E-state index contributed by atoms with van der Waals surface area (Å²) in [6.07, 6.45) is 5.49. The maximum Gasteiger partial charge on any atom is 0.233 e. The maximum atomic E-state index is 11.0. The van der Waals surface area contributed by atoms with Crippen LogP contribution in [-0.4, -0.2) is 44.1 Å². The monoisotopic (exact) mass is 292 g/mol. The number of nitrogens with one attached hydrogen (secondary N) is 1. The van der Waals surface area contributed by atoms with E-state index < -0.39 is 5.79 Å². The first-order valence-electron chi connectivity index (χ1n) is 5.75. The number of hydrogen-bond acceptors (Lipinski definition) is 5. The van der Waals surface area contributed by atoms with Crippen molar-refractivity contribution in [3.63, 3.8) is 0 Å². The number of carbonyl (C=O) groups excluding carboxylic acids is 1. The van der Waals surface area contributed by atoms with E-state index in [9.17, 15) is 9.90 Å². The molecule has 2 atom stereocenters. The van der Waals surface area contributed by atoms with Gasteiger partial charge in [-0.15, -0.1) is 12.4 Å². The highest BCUT2D eigenvalue weighted by Gasteiger charge is 2.35. The van der Waals surface area contributed by atoms with Gasteiger partial charge < -0.3 is 25.6 Å². The minimum atomic E-state index is -1.37. The van der Waals surface area contributed by atoms with Gasteiger partial charge in [-0.2, -0.15) is 0 Å². The summed E-state index contributed by atoms with van der Waals surface area (Å²) in [6.45, 7) is 0.367. The van der Waals surface area contributed by atoms with Crippen molar-refractivity contribution >= 4 is 18.3 Å². The van der Waals surface area contributed by atoms with E-state index in [1.807, 2.05) is 0 Å². The SMILES string of the molecule is COC1=CC(CCNC(=O)CN)C(O)(OC)C=C1.Cl. The fraction of sp³-hybridized carbons (Fsp3) is 0.583. The molecule has 7 heteroatoms. The quantitative estimate of drug-likeness (QED) is 0.596. The summed E-state index contributed by atoms with van der Waals surface area (Å²) in [5, 5.41) is 12.9. The van der Waals surface area contributed by atoms with E-state index in [2.05, 4.69) is 5.32 Å². The zero-order valence-corrected chi connectivity index (χ0v) is 11.9. The van der Waals surface area contributed by atoms with E-state index in [0.717, 1.165) is 0 Å². The Morgan fingerprint density at radius 2 is 2.26 bits per heavy atom. The normalized spacial score (nSPS) is 25.3. The number of aliphatic hydroxyl groups is 1. The molecule has 4 N–H and O–H groups in total. The first kappa shape index (κ1) is 17.9. The lowest BCUT2D eigenvalue weighted by Gasteiger charge is -2.33. The van der Waals surface area contributed by atoms with Crippen LogP contribution in [0.3, 0.4) is 0 Å². The number of nitrogens with two attached hydrogens (primary N) is 1. The van der Waals surface area contributed by atoms with Crippen LogP contribution >= 0.6 is 12.4 Å². The van der Waals surface area contributed by atoms with Gasteiger partial charge in [0.15, 0.2) is 5.79 Å². The van der Waals surface area contributed by atoms with Gasteiger partial charge >= 0.3 is 0 Å². The highest BCUT2D eigenvalue weighted by atomic mass is 35.5. The van der Waals surface area contributed by atoms with Crippen LogP contribution in [0.1, 0.15) is 6.42 Å². The molecule has 0 bridgehead atoms. The second-order valence-corrected chi connectivity index (χ2v) is 4.01. The van der Waals surface area contributed by atoms with Crippen LogP contribution in [0.25, 0.3) is 0 Å². The van der Waals surface area contributed by atoms with E-state index in [4.69, 9.17) is 15.2 Å². The van der Waals surface area contributed by atoms with Crippen LogP contribution in [0.2, 0.25) is 0 Å². The third-order valence-electron chi connectivity index (χ3n) is 2.91. The Hall–Kier alpha value is -1.08.